The number of nitrogens with one attached hydrogen (secondary N) is 1. The molecule has 1 saturated heterocycles. The molecule has 1 aromatic carbocycles. The second kappa shape index (κ2) is 6.22. The van der Waals surface area contributed by atoms with Crippen LogP contribution in [-0.4, -0.2) is 49.3 Å². The number of thiazole rings is 1. The van der Waals surface area contributed by atoms with E-state index in [9.17, 15) is 4.39 Å². The molecule has 1 aromatic heterocycles. The lowest BCUT2D eigenvalue weighted by molar-refractivity contribution is 0.0398. The quantitative estimate of drug-likeness (QED) is 0.941. The van der Waals surface area contributed by atoms with Crippen LogP contribution in [0.25, 0.3) is 10.2 Å². The number of anilines is 1. The highest BCUT2D eigenvalue weighted by atomic mass is 35.5. The predicted octanol–water partition coefficient (Wildman–Crippen LogP) is 2.83. The maximum atomic E-state index is 13.4. The van der Waals surface area contributed by atoms with E-state index in [1.807, 2.05) is 0 Å². The number of morpholine rings is 1. The first-order valence-corrected chi connectivity index (χ1v) is 7.71. The molecule has 0 spiro atoms. The van der Waals surface area contributed by atoms with Crippen LogP contribution >= 0.6 is 22.9 Å². The number of nitrogens with zero attached hydrogens (tertiary/aromatic N) is 2. The number of halogens is 2. The minimum atomic E-state index is -0.400. The minimum absolute atomic E-state index is 0.114. The first-order chi connectivity index (χ1) is 9.72. The van der Waals surface area contributed by atoms with Crippen LogP contribution in [0, 0.1) is 5.82 Å². The smallest absolute Gasteiger partial charge is 0.183 e. The fourth-order valence-electron chi connectivity index (χ4n) is 2.14. The van der Waals surface area contributed by atoms with Gasteiger partial charge in [-0.2, -0.15) is 0 Å². The third-order valence-electron chi connectivity index (χ3n) is 3.24. The molecule has 2 aromatic rings. The fourth-order valence-corrected chi connectivity index (χ4v) is 3.20. The number of hydrogen-bond donors (Lipinski definition) is 1. The summed E-state index contributed by atoms with van der Waals surface area (Å²) < 4.78 is 19.5. The molecule has 7 heteroatoms. The maximum Gasteiger partial charge on any atom is 0.183 e. The van der Waals surface area contributed by atoms with E-state index in [1.165, 1.54) is 17.4 Å². The van der Waals surface area contributed by atoms with Crippen LogP contribution in [0.2, 0.25) is 5.02 Å². The summed E-state index contributed by atoms with van der Waals surface area (Å²) in [4.78, 5) is 6.76. The van der Waals surface area contributed by atoms with Gasteiger partial charge in [-0.15, -0.1) is 0 Å². The van der Waals surface area contributed by atoms with Gasteiger partial charge in [-0.05, 0) is 12.1 Å². The van der Waals surface area contributed by atoms with Gasteiger partial charge in [-0.25, -0.2) is 9.37 Å². The van der Waals surface area contributed by atoms with E-state index in [1.54, 1.807) is 6.07 Å². The lowest BCUT2D eigenvalue weighted by Gasteiger charge is -2.26. The molecule has 1 aliphatic rings. The van der Waals surface area contributed by atoms with Crippen LogP contribution in [0.5, 0.6) is 0 Å². The average molecular weight is 316 g/mol. The van der Waals surface area contributed by atoms with Crippen molar-refractivity contribution in [2.24, 2.45) is 0 Å². The zero-order valence-corrected chi connectivity index (χ0v) is 12.4. The van der Waals surface area contributed by atoms with E-state index in [0.717, 1.165) is 54.7 Å². The normalized spacial score (nSPS) is 16.7. The van der Waals surface area contributed by atoms with Crippen LogP contribution in [0.15, 0.2) is 12.1 Å². The van der Waals surface area contributed by atoms with Crippen molar-refractivity contribution in [1.29, 1.82) is 0 Å². The Hall–Kier alpha value is -0.950. The van der Waals surface area contributed by atoms with E-state index in [2.05, 4.69) is 15.2 Å². The molecule has 20 heavy (non-hydrogen) atoms. The predicted molar refractivity (Wildman–Crippen MR) is 80.3 cm³/mol. The second-order valence-electron chi connectivity index (χ2n) is 4.63. The zero-order chi connectivity index (χ0) is 13.9. The van der Waals surface area contributed by atoms with Crippen molar-refractivity contribution in [2.45, 2.75) is 0 Å². The van der Waals surface area contributed by atoms with Crippen molar-refractivity contribution < 1.29 is 9.13 Å². The summed E-state index contributed by atoms with van der Waals surface area (Å²) in [6, 6.07) is 3.00. The Kier molecular flexibility index (Phi) is 4.35. The van der Waals surface area contributed by atoms with Gasteiger partial charge in [0, 0.05) is 26.2 Å². The highest BCUT2D eigenvalue weighted by molar-refractivity contribution is 7.22. The molecule has 0 saturated carbocycles. The van der Waals surface area contributed by atoms with Crippen molar-refractivity contribution in [2.75, 3.05) is 44.7 Å². The standard InChI is InChI=1S/C13H15ClFN3OS/c14-9-7-11-12(8-10(9)15)20-13(17-11)16-1-2-18-3-5-19-6-4-18/h7-8H,1-6H2,(H,16,17). The van der Waals surface area contributed by atoms with Gasteiger partial charge in [0.2, 0.25) is 0 Å². The van der Waals surface area contributed by atoms with Crippen LogP contribution in [0.4, 0.5) is 9.52 Å². The average Bonchev–Trinajstić information content (AvgIpc) is 2.82. The molecule has 0 unspecified atom stereocenters. The molecule has 4 nitrogen and oxygen atoms in total. The molecule has 0 atom stereocenters. The van der Waals surface area contributed by atoms with E-state index < -0.39 is 5.82 Å². The van der Waals surface area contributed by atoms with Crippen LogP contribution in [0.1, 0.15) is 0 Å². The Morgan fingerprint density at radius 1 is 1.40 bits per heavy atom. The van der Waals surface area contributed by atoms with Gasteiger partial charge in [0.1, 0.15) is 5.82 Å². The van der Waals surface area contributed by atoms with E-state index in [4.69, 9.17) is 16.3 Å². The van der Waals surface area contributed by atoms with E-state index in [-0.39, 0.29) is 5.02 Å². The number of ether oxygens (including phenoxy) is 1. The van der Waals surface area contributed by atoms with Gasteiger partial charge in [0.05, 0.1) is 28.5 Å². The summed E-state index contributed by atoms with van der Waals surface area (Å²) in [7, 11) is 0. The van der Waals surface area contributed by atoms with Crippen LogP contribution in [-0.2, 0) is 4.74 Å². The summed E-state index contributed by atoms with van der Waals surface area (Å²) in [6.45, 7) is 5.33. The lowest BCUT2D eigenvalue weighted by Crippen LogP contribution is -2.38. The van der Waals surface area contributed by atoms with E-state index >= 15 is 0 Å². The Morgan fingerprint density at radius 2 is 2.20 bits per heavy atom. The number of rotatable bonds is 4. The highest BCUT2D eigenvalue weighted by Crippen LogP contribution is 2.29. The maximum absolute atomic E-state index is 13.4. The number of benzene rings is 1. The molecule has 108 valence electrons. The largest absolute Gasteiger partial charge is 0.379 e. The second-order valence-corrected chi connectivity index (χ2v) is 6.07. The van der Waals surface area contributed by atoms with Crippen molar-refractivity contribution in [3.63, 3.8) is 0 Å². The van der Waals surface area contributed by atoms with Gasteiger partial charge >= 0.3 is 0 Å². The molecule has 0 bridgehead atoms. The minimum Gasteiger partial charge on any atom is -0.379 e. The van der Waals surface area contributed by atoms with Gasteiger partial charge in [-0.1, -0.05) is 22.9 Å². The number of fused-ring (bicyclic) bond motifs is 1. The topological polar surface area (TPSA) is 37.4 Å². The summed E-state index contributed by atoms with van der Waals surface area (Å²) in [5.74, 6) is -0.400. The molecule has 1 N–H and O–H groups in total. The summed E-state index contributed by atoms with van der Waals surface area (Å²) in [5, 5.41) is 4.19. The molecular weight excluding hydrogens is 301 g/mol. The third-order valence-corrected chi connectivity index (χ3v) is 4.50. The lowest BCUT2D eigenvalue weighted by atomic mass is 10.3. The van der Waals surface area contributed by atoms with Crippen LogP contribution in [0.3, 0.4) is 0 Å². The molecular formula is C13H15ClFN3OS. The number of hydrogen-bond acceptors (Lipinski definition) is 5. The fraction of sp³-hybridized carbons (Fsp3) is 0.462. The number of aromatic nitrogens is 1. The Labute approximate surface area is 125 Å². The Bertz CT molecular complexity index is 562. The van der Waals surface area contributed by atoms with E-state index in [0.29, 0.717) is 0 Å². The third kappa shape index (κ3) is 3.20. The van der Waals surface area contributed by atoms with Crippen molar-refractivity contribution in [3.8, 4) is 0 Å². The monoisotopic (exact) mass is 315 g/mol. The van der Waals surface area contributed by atoms with Gasteiger partial charge < -0.3 is 10.1 Å². The molecule has 0 aliphatic carbocycles. The van der Waals surface area contributed by atoms with Crippen LogP contribution < -0.4 is 5.32 Å². The van der Waals surface area contributed by atoms with Gasteiger partial charge in [-0.3, -0.25) is 4.90 Å². The van der Waals surface area contributed by atoms with Gasteiger partial charge in [0.25, 0.3) is 0 Å². The van der Waals surface area contributed by atoms with Crippen molar-refractivity contribution >= 4 is 38.3 Å². The molecule has 2 heterocycles. The first-order valence-electron chi connectivity index (χ1n) is 6.52. The summed E-state index contributed by atoms with van der Waals surface area (Å²) in [5.41, 5.74) is 0.732. The van der Waals surface area contributed by atoms with Crippen molar-refractivity contribution in [1.82, 2.24) is 9.88 Å². The molecule has 1 fully saturated rings. The molecule has 3 rings (SSSR count). The van der Waals surface area contributed by atoms with Crippen molar-refractivity contribution in [3.05, 3.63) is 23.0 Å². The first kappa shape index (κ1) is 14.0. The Morgan fingerprint density at radius 3 is 3.00 bits per heavy atom. The zero-order valence-electron chi connectivity index (χ0n) is 10.9. The summed E-state index contributed by atoms with van der Waals surface area (Å²) >= 11 is 7.20. The summed E-state index contributed by atoms with van der Waals surface area (Å²) in [6.07, 6.45) is 0. The molecule has 0 amide bonds. The molecule has 0 radical (unpaired) electrons. The van der Waals surface area contributed by atoms with Gasteiger partial charge in [0.15, 0.2) is 5.13 Å². The Balaban J connectivity index is 1.60. The highest BCUT2D eigenvalue weighted by Gasteiger charge is 2.11. The SMILES string of the molecule is Fc1cc2sc(NCCN3CCOCC3)nc2cc1Cl. The molecule has 1 aliphatic heterocycles.